The standard InChI is InChI=1S/C13H14N4S2/c1-3-10(12-14-4-5-19-12)17-11-9(16-13(17)18)6-8(2)7-15-11/h4-7,10H,3H2,1-2H3,(H,16,18). The number of fused-ring (bicyclic) bond motifs is 1. The molecule has 1 unspecified atom stereocenters. The molecular weight excluding hydrogens is 276 g/mol. The normalized spacial score (nSPS) is 12.9. The Hall–Kier alpha value is -1.53. The number of hydrogen-bond acceptors (Lipinski definition) is 4. The Kier molecular flexibility index (Phi) is 3.20. The summed E-state index contributed by atoms with van der Waals surface area (Å²) in [6.45, 7) is 4.17. The van der Waals surface area contributed by atoms with E-state index in [9.17, 15) is 0 Å². The fourth-order valence-corrected chi connectivity index (χ4v) is 3.41. The van der Waals surface area contributed by atoms with E-state index in [2.05, 4.69) is 32.5 Å². The van der Waals surface area contributed by atoms with Crippen molar-refractivity contribution in [3.05, 3.63) is 39.2 Å². The predicted molar refractivity (Wildman–Crippen MR) is 80.2 cm³/mol. The minimum absolute atomic E-state index is 0.149. The lowest BCUT2D eigenvalue weighted by Crippen LogP contribution is -2.10. The van der Waals surface area contributed by atoms with Crippen LogP contribution in [0.1, 0.15) is 30.0 Å². The van der Waals surface area contributed by atoms with E-state index in [1.165, 1.54) is 0 Å². The molecule has 3 aromatic heterocycles. The first-order valence-electron chi connectivity index (χ1n) is 6.17. The Bertz CT molecular complexity index is 755. The molecule has 0 amide bonds. The summed E-state index contributed by atoms with van der Waals surface area (Å²) in [7, 11) is 0. The van der Waals surface area contributed by atoms with Gasteiger partial charge in [0.15, 0.2) is 10.4 Å². The lowest BCUT2D eigenvalue weighted by molar-refractivity contribution is 0.568. The fraction of sp³-hybridized carbons (Fsp3) is 0.308. The molecule has 6 heteroatoms. The van der Waals surface area contributed by atoms with Crippen molar-refractivity contribution in [2.24, 2.45) is 0 Å². The summed E-state index contributed by atoms with van der Waals surface area (Å²) in [5.41, 5.74) is 3.01. The topological polar surface area (TPSA) is 46.5 Å². The van der Waals surface area contributed by atoms with E-state index in [-0.39, 0.29) is 6.04 Å². The van der Waals surface area contributed by atoms with Gasteiger partial charge in [-0.1, -0.05) is 6.92 Å². The first-order chi connectivity index (χ1) is 9.20. The molecule has 0 saturated carbocycles. The van der Waals surface area contributed by atoms with Crippen LogP contribution in [0.25, 0.3) is 11.2 Å². The number of H-pyrrole nitrogens is 1. The highest BCUT2D eigenvalue weighted by Gasteiger charge is 2.18. The Morgan fingerprint density at radius 1 is 1.47 bits per heavy atom. The third-order valence-corrected chi connectivity index (χ3v) is 4.30. The van der Waals surface area contributed by atoms with Gasteiger partial charge in [0, 0.05) is 17.8 Å². The van der Waals surface area contributed by atoms with E-state index < -0.39 is 0 Å². The SMILES string of the molecule is CCC(c1nccs1)n1c(=S)[nH]c2cc(C)cnc21. The van der Waals surface area contributed by atoms with Gasteiger partial charge in [-0.2, -0.15) is 0 Å². The number of rotatable bonds is 3. The summed E-state index contributed by atoms with van der Waals surface area (Å²) in [6.07, 6.45) is 4.64. The Morgan fingerprint density at radius 3 is 3.00 bits per heavy atom. The second-order valence-electron chi connectivity index (χ2n) is 4.48. The molecule has 3 heterocycles. The van der Waals surface area contributed by atoms with E-state index in [4.69, 9.17) is 12.2 Å². The summed E-state index contributed by atoms with van der Waals surface area (Å²) in [6, 6.07) is 2.22. The zero-order chi connectivity index (χ0) is 13.4. The predicted octanol–water partition coefficient (Wildman–Crippen LogP) is 3.86. The summed E-state index contributed by atoms with van der Waals surface area (Å²) in [4.78, 5) is 12.2. The zero-order valence-electron chi connectivity index (χ0n) is 10.8. The van der Waals surface area contributed by atoms with Gasteiger partial charge in [-0.3, -0.25) is 4.57 Å². The molecule has 1 atom stereocenters. The summed E-state index contributed by atoms with van der Waals surface area (Å²) >= 11 is 7.11. The number of pyridine rings is 1. The van der Waals surface area contributed by atoms with Crippen LogP contribution in [0.5, 0.6) is 0 Å². The number of aryl methyl sites for hydroxylation is 1. The van der Waals surface area contributed by atoms with Crippen LogP contribution in [0.3, 0.4) is 0 Å². The van der Waals surface area contributed by atoms with E-state index in [0.29, 0.717) is 4.77 Å². The molecular formula is C13H14N4S2. The number of aromatic nitrogens is 4. The minimum atomic E-state index is 0.149. The molecule has 3 rings (SSSR count). The molecule has 0 aliphatic carbocycles. The van der Waals surface area contributed by atoms with Gasteiger partial charge >= 0.3 is 0 Å². The van der Waals surface area contributed by atoms with Gasteiger partial charge in [0.05, 0.1) is 11.6 Å². The average molecular weight is 290 g/mol. The molecule has 0 radical (unpaired) electrons. The number of hydrogen-bond donors (Lipinski definition) is 1. The lowest BCUT2D eigenvalue weighted by atomic mass is 10.2. The van der Waals surface area contributed by atoms with Crippen molar-refractivity contribution in [2.75, 3.05) is 0 Å². The largest absolute Gasteiger partial charge is 0.329 e. The van der Waals surface area contributed by atoms with Crippen molar-refractivity contribution in [3.63, 3.8) is 0 Å². The Morgan fingerprint density at radius 2 is 2.32 bits per heavy atom. The molecule has 1 N–H and O–H groups in total. The Labute approximate surface area is 120 Å². The highest BCUT2D eigenvalue weighted by atomic mass is 32.1. The number of aromatic amines is 1. The molecule has 0 bridgehead atoms. The van der Waals surface area contributed by atoms with E-state index in [0.717, 1.165) is 28.2 Å². The first-order valence-corrected chi connectivity index (χ1v) is 7.45. The monoisotopic (exact) mass is 290 g/mol. The molecule has 0 aromatic carbocycles. The molecule has 0 aliphatic heterocycles. The Balaban J connectivity index is 2.24. The van der Waals surface area contributed by atoms with Gasteiger partial charge in [-0.05, 0) is 37.2 Å². The fourth-order valence-electron chi connectivity index (χ4n) is 2.27. The smallest absolute Gasteiger partial charge is 0.179 e. The van der Waals surface area contributed by atoms with Gasteiger partial charge in [0.25, 0.3) is 0 Å². The van der Waals surface area contributed by atoms with Gasteiger partial charge in [-0.15, -0.1) is 11.3 Å². The number of nitrogens with zero attached hydrogens (tertiary/aromatic N) is 3. The van der Waals surface area contributed by atoms with Crippen LogP contribution < -0.4 is 0 Å². The van der Waals surface area contributed by atoms with Gasteiger partial charge < -0.3 is 4.98 Å². The van der Waals surface area contributed by atoms with Crippen molar-refractivity contribution < 1.29 is 0 Å². The van der Waals surface area contributed by atoms with E-state index in [1.807, 2.05) is 24.7 Å². The van der Waals surface area contributed by atoms with Crippen molar-refractivity contribution in [3.8, 4) is 0 Å². The maximum absolute atomic E-state index is 5.46. The molecule has 19 heavy (non-hydrogen) atoms. The minimum Gasteiger partial charge on any atom is -0.329 e. The molecule has 3 aromatic rings. The van der Waals surface area contributed by atoms with Crippen molar-refractivity contribution in [1.29, 1.82) is 0 Å². The van der Waals surface area contributed by atoms with Crippen molar-refractivity contribution >= 4 is 34.7 Å². The van der Waals surface area contributed by atoms with Crippen molar-refractivity contribution in [2.45, 2.75) is 26.3 Å². The third kappa shape index (κ3) is 2.11. The summed E-state index contributed by atoms with van der Waals surface area (Å²) in [5.74, 6) is 0. The van der Waals surface area contributed by atoms with Crippen LogP contribution in [-0.2, 0) is 0 Å². The van der Waals surface area contributed by atoms with Crippen LogP contribution in [0.15, 0.2) is 23.8 Å². The van der Waals surface area contributed by atoms with Crippen LogP contribution in [0, 0.1) is 11.7 Å². The summed E-state index contributed by atoms with van der Waals surface area (Å²) in [5, 5.41) is 3.07. The summed E-state index contributed by atoms with van der Waals surface area (Å²) < 4.78 is 2.78. The maximum Gasteiger partial charge on any atom is 0.179 e. The highest BCUT2D eigenvalue weighted by molar-refractivity contribution is 7.71. The molecule has 98 valence electrons. The second-order valence-corrected chi connectivity index (χ2v) is 5.79. The van der Waals surface area contributed by atoms with Gasteiger partial charge in [0.2, 0.25) is 0 Å². The highest BCUT2D eigenvalue weighted by Crippen LogP contribution is 2.27. The molecule has 4 nitrogen and oxygen atoms in total. The number of imidazole rings is 1. The molecule has 0 spiro atoms. The van der Waals surface area contributed by atoms with Crippen LogP contribution >= 0.6 is 23.6 Å². The van der Waals surface area contributed by atoms with Gasteiger partial charge in [0.1, 0.15) is 5.01 Å². The van der Waals surface area contributed by atoms with Crippen LogP contribution in [0.2, 0.25) is 0 Å². The third-order valence-electron chi connectivity index (χ3n) is 3.13. The van der Waals surface area contributed by atoms with Gasteiger partial charge in [-0.25, -0.2) is 9.97 Å². The quantitative estimate of drug-likeness (QED) is 0.745. The van der Waals surface area contributed by atoms with E-state index >= 15 is 0 Å². The first kappa shape index (κ1) is 12.5. The van der Waals surface area contributed by atoms with Crippen molar-refractivity contribution in [1.82, 2.24) is 19.5 Å². The maximum atomic E-state index is 5.46. The molecule has 0 saturated heterocycles. The number of thiazole rings is 1. The molecule has 0 fully saturated rings. The average Bonchev–Trinajstić information content (AvgIpc) is 2.99. The van der Waals surface area contributed by atoms with E-state index in [1.54, 1.807) is 11.3 Å². The van der Waals surface area contributed by atoms with Crippen LogP contribution in [-0.4, -0.2) is 19.5 Å². The number of nitrogens with one attached hydrogen (secondary N) is 1. The zero-order valence-corrected chi connectivity index (χ0v) is 12.4. The van der Waals surface area contributed by atoms with Crippen LogP contribution in [0.4, 0.5) is 0 Å². The lowest BCUT2D eigenvalue weighted by Gasteiger charge is -2.14. The second kappa shape index (κ2) is 4.86. The molecule has 0 aliphatic rings.